The van der Waals surface area contributed by atoms with Crippen LogP contribution in [0.15, 0.2) is 28.7 Å². The maximum absolute atomic E-state index is 13.1. The van der Waals surface area contributed by atoms with E-state index < -0.39 is 0 Å². The first kappa shape index (κ1) is 13.0. The molecule has 0 spiro atoms. The number of anilines is 2. The van der Waals surface area contributed by atoms with Crippen molar-refractivity contribution in [3.05, 3.63) is 45.3 Å². The van der Waals surface area contributed by atoms with Crippen LogP contribution in [-0.2, 0) is 6.54 Å². The van der Waals surface area contributed by atoms with Crippen LogP contribution >= 0.6 is 27.5 Å². The highest BCUT2D eigenvalue weighted by atomic mass is 79.9. The van der Waals surface area contributed by atoms with Gasteiger partial charge in [0.1, 0.15) is 16.8 Å². The summed E-state index contributed by atoms with van der Waals surface area (Å²) in [7, 11) is 0. The lowest BCUT2D eigenvalue weighted by atomic mass is 10.2. The quantitative estimate of drug-likeness (QED) is 0.848. The number of benzene rings is 1. The lowest BCUT2D eigenvalue weighted by molar-refractivity contribution is 0.625. The highest BCUT2D eigenvalue weighted by molar-refractivity contribution is 9.10. The van der Waals surface area contributed by atoms with Crippen LogP contribution in [0.2, 0.25) is 5.15 Å². The van der Waals surface area contributed by atoms with Crippen LogP contribution in [0.25, 0.3) is 0 Å². The van der Waals surface area contributed by atoms with E-state index in [1.807, 2.05) is 0 Å². The van der Waals surface area contributed by atoms with Crippen molar-refractivity contribution >= 4 is 39.3 Å². The Hall–Kier alpha value is -1.40. The van der Waals surface area contributed by atoms with E-state index in [4.69, 9.17) is 17.3 Å². The van der Waals surface area contributed by atoms with Gasteiger partial charge in [-0.15, -0.1) is 0 Å². The molecule has 2 aromatic rings. The van der Waals surface area contributed by atoms with E-state index in [2.05, 4.69) is 31.2 Å². The van der Waals surface area contributed by atoms with Gasteiger partial charge in [-0.2, -0.15) is 4.98 Å². The summed E-state index contributed by atoms with van der Waals surface area (Å²) in [6.07, 6.45) is 0. The molecular formula is C11H9BrClFN4. The third kappa shape index (κ3) is 3.30. The van der Waals surface area contributed by atoms with Crippen LogP contribution in [0.4, 0.5) is 16.2 Å². The summed E-state index contributed by atoms with van der Waals surface area (Å²) in [5.74, 6) is 0.280. The summed E-state index contributed by atoms with van der Waals surface area (Å²) in [6, 6.07) is 6.01. The standard InChI is InChI=1S/C11H9BrClFN4/c12-8-2-1-7(14)3-6(8)5-16-10-4-9(13)17-11(15)18-10/h1-4H,5H2,(H3,15,16,17,18). The molecular weight excluding hydrogens is 323 g/mol. The van der Waals surface area contributed by atoms with Crippen LogP contribution in [0.1, 0.15) is 5.56 Å². The van der Waals surface area contributed by atoms with E-state index in [-0.39, 0.29) is 16.9 Å². The molecule has 1 aromatic carbocycles. The summed E-state index contributed by atoms with van der Waals surface area (Å²) in [5, 5.41) is 3.25. The first-order valence-electron chi connectivity index (χ1n) is 5.02. The van der Waals surface area contributed by atoms with Crippen LogP contribution in [0, 0.1) is 5.82 Å². The van der Waals surface area contributed by atoms with Crippen molar-refractivity contribution in [2.45, 2.75) is 6.54 Å². The molecule has 4 nitrogen and oxygen atoms in total. The number of hydrogen-bond donors (Lipinski definition) is 2. The summed E-state index contributed by atoms with van der Waals surface area (Å²) in [6.45, 7) is 0.394. The minimum Gasteiger partial charge on any atom is -0.368 e. The predicted octanol–water partition coefficient (Wildman–Crippen LogP) is 3.23. The van der Waals surface area contributed by atoms with Crippen molar-refractivity contribution in [3.63, 3.8) is 0 Å². The zero-order valence-electron chi connectivity index (χ0n) is 9.12. The molecule has 1 heterocycles. The molecule has 2 rings (SSSR count). The largest absolute Gasteiger partial charge is 0.368 e. The lowest BCUT2D eigenvalue weighted by Gasteiger charge is -2.08. The van der Waals surface area contributed by atoms with Gasteiger partial charge in [0.15, 0.2) is 0 Å². The second-order valence-corrected chi connectivity index (χ2v) is 4.76. The van der Waals surface area contributed by atoms with Gasteiger partial charge < -0.3 is 11.1 Å². The predicted molar refractivity (Wildman–Crippen MR) is 72.9 cm³/mol. The fourth-order valence-corrected chi connectivity index (χ4v) is 1.97. The number of halogens is 3. The Balaban J connectivity index is 2.13. The van der Waals surface area contributed by atoms with Gasteiger partial charge >= 0.3 is 0 Å². The number of rotatable bonds is 3. The molecule has 18 heavy (non-hydrogen) atoms. The first-order valence-corrected chi connectivity index (χ1v) is 6.19. The van der Waals surface area contributed by atoms with Crippen LogP contribution in [0.5, 0.6) is 0 Å². The molecule has 0 aliphatic heterocycles. The van der Waals surface area contributed by atoms with Crippen LogP contribution in [-0.4, -0.2) is 9.97 Å². The van der Waals surface area contributed by atoms with E-state index in [1.54, 1.807) is 12.1 Å². The van der Waals surface area contributed by atoms with E-state index in [0.29, 0.717) is 12.4 Å². The van der Waals surface area contributed by atoms with Gasteiger partial charge in [0, 0.05) is 17.1 Å². The molecule has 0 fully saturated rings. The second-order valence-electron chi connectivity index (χ2n) is 3.52. The molecule has 0 saturated heterocycles. The topological polar surface area (TPSA) is 63.8 Å². The molecule has 0 aliphatic rings. The van der Waals surface area contributed by atoms with Crippen molar-refractivity contribution in [1.82, 2.24) is 9.97 Å². The molecule has 0 bridgehead atoms. The Morgan fingerprint density at radius 3 is 2.83 bits per heavy atom. The summed E-state index contributed by atoms with van der Waals surface area (Å²) < 4.78 is 13.9. The summed E-state index contributed by atoms with van der Waals surface area (Å²) in [4.78, 5) is 7.71. The van der Waals surface area contributed by atoms with E-state index in [9.17, 15) is 4.39 Å². The fourth-order valence-electron chi connectivity index (χ4n) is 1.39. The van der Waals surface area contributed by atoms with Crippen molar-refractivity contribution < 1.29 is 4.39 Å². The molecule has 0 saturated carbocycles. The fraction of sp³-hybridized carbons (Fsp3) is 0.0909. The Labute approximate surface area is 117 Å². The Bertz CT molecular complexity index is 559. The second kappa shape index (κ2) is 5.49. The highest BCUT2D eigenvalue weighted by Crippen LogP contribution is 2.19. The number of aromatic nitrogens is 2. The van der Waals surface area contributed by atoms with Crippen molar-refractivity contribution in [2.24, 2.45) is 0 Å². The average molecular weight is 332 g/mol. The summed E-state index contributed by atoms with van der Waals surface area (Å²) in [5.41, 5.74) is 6.23. The highest BCUT2D eigenvalue weighted by Gasteiger charge is 2.04. The normalized spacial score (nSPS) is 10.4. The third-order valence-electron chi connectivity index (χ3n) is 2.18. The molecule has 94 valence electrons. The van der Waals surface area contributed by atoms with Gasteiger partial charge in [0.2, 0.25) is 5.95 Å². The van der Waals surface area contributed by atoms with E-state index >= 15 is 0 Å². The Morgan fingerprint density at radius 2 is 2.11 bits per heavy atom. The molecule has 7 heteroatoms. The molecule has 3 N–H and O–H groups in total. The molecule has 0 aliphatic carbocycles. The SMILES string of the molecule is Nc1nc(Cl)cc(NCc2cc(F)ccc2Br)n1. The maximum Gasteiger partial charge on any atom is 0.223 e. The van der Waals surface area contributed by atoms with Gasteiger partial charge in [-0.05, 0) is 23.8 Å². The minimum atomic E-state index is -0.296. The smallest absolute Gasteiger partial charge is 0.223 e. The minimum absolute atomic E-state index is 0.0864. The molecule has 0 amide bonds. The number of hydrogen-bond acceptors (Lipinski definition) is 4. The van der Waals surface area contributed by atoms with E-state index in [0.717, 1.165) is 10.0 Å². The van der Waals surface area contributed by atoms with Gasteiger partial charge in [-0.1, -0.05) is 27.5 Å². The average Bonchev–Trinajstić information content (AvgIpc) is 2.29. The first-order chi connectivity index (χ1) is 8.54. The van der Waals surface area contributed by atoms with Crippen LogP contribution in [0.3, 0.4) is 0 Å². The van der Waals surface area contributed by atoms with E-state index in [1.165, 1.54) is 12.1 Å². The lowest BCUT2D eigenvalue weighted by Crippen LogP contribution is -2.05. The maximum atomic E-state index is 13.1. The Morgan fingerprint density at radius 1 is 1.33 bits per heavy atom. The Kier molecular flexibility index (Phi) is 3.98. The molecule has 0 radical (unpaired) electrons. The zero-order chi connectivity index (χ0) is 13.1. The van der Waals surface area contributed by atoms with Gasteiger partial charge in [-0.3, -0.25) is 0 Å². The number of nitrogen functional groups attached to an aromatic ring is 1. The molecule has 0 atom stereocenters. The summed E-state index contributed by atoms with van der Waals surface area (Å²) >= 11 is 9.09. The monoisotopic (exact) mass is 330 g/mol. The van der Waals surface area contributed by atoms with Crippen molar-refractivity contribution in [2.75, 3.05) is 11.1 Å². The number of nitrogens with two attached hydrogens (primary N) is 1. The zero-order valence-corrected chi connectivity index (χ0v) is 11.5. The van der Waals surface area contributed by atoms with Crippen molar-refractivity contribution in [1.29, 1.82) is 0 Å². The van der Waals surface area contributed by atoms with Gasteiger partial charge in [0.25, 0.3) is 0 Å². The van der Waals surface area contributed by atoms with Crippen molar-refractivity contribution in [3.8, 4) is 0 Å². The molecule has 1 aromatic heterocycles. The third-order valence-corrected chi connectivity index (χ3v) is 3.15. The van der Waals surface area contributed by atoms with Crippen LogP contribution < -0.4 is 11.1 Å². The number of nitrogens with one attached hydrogen (secondary N) is 1. The number of nitrogens with zero attached hydrogens (tertiary/aromatic N) is 2. The van der Waals surface area contributed by atoms with Gasteiger partial charge in [0.05, 0.1) is 0 Å². The van der Waals surface area contributed by atoms with Gasteiger partial charge in [-0.25, -0.2) is 9.37 Å². The molecule has 0 unspecified atom stereocenters.